The van der Waals surface area contributed by atoms with Gasteiger partial charge in [0.05, 0.1) is 0 Å². The van der Waals surface area contributed by atoms with Gasteiger partial charge in [-0.15, -0.1) is 0 Å². The Labute approximate surface area is 183 Å². The van der Waals surface area contributed by atoms with Crippen LogP contribution in [-0.4, -0.2) is 53.0 Å². The lowest BCUT2D eigenvalue weighted by molar-refractivity contribution is -1.02. The molecule has 0 aliphatic carbocycles. The average molecular weight is 431 g/mol. The van der Waals surface area contributed by atoms with Crippen molar-refractivity contribution in [2.24, 2.45) is 0 Å². The minimum absolute atomic E-state index is 0.103. The molecule has 1 saturated heterocycles. The van der Waals surface area contributed by atoms with E-state index in [1.165, 1.54) is 29.1 Å². The van der Waals surface area contributed by atoms with E-state index in [9.17, 15) is 4.79 Å². The normalized spacial score (nSPS) is 21.7. The number of rotatable bonds is 5. The van der Waals surface area contributed by atoms with Gasteiger partial charge >= 0.3 is 0 Å². The number of hydrogen-bond acceptors (Lipinski definition) is 3. The smallest absolute Gasteiger partial charge is 0.279 e. The molecule has 2 aliphatic rings. The summed E-state index contributed by atoms with van der Waals surface area (Å²) in [6.07, 6.45) is 4.72. The molecule has 162 valence electrons. The third kappa shape index (κ3) is 4.82. The minimum Gasteiger partial charge on any atom is -0.321 e. The van der Waals surface area contributed by atoms with Crippen molar-refractivity contribution in [1.82, 2.24) is 14.3 Å². The summed E-state index contributed by atoms with van der Waals surface area (Å²) in [7, 11) is 0. The van der Waals surface area contributed by atoms with Crippen LogP contribution in [0, 0.1) is 18.6 Å². The molecule has 0 bridgehead atoms. The fraction of sp³-hybridized carbons (Fsp3) is 0.591. The molecule has 3 heterocycles. The fourth-order valence-electron chi connectivity index (χ4n) is 4.65. The van der Waals surface area contributed by atoms with Gasteiger partial charge in [-0.1, -0.05) is 24.6 Å². The number of hydrogen-bond donors (Lipinski definition) is 3. The Kier molecular flexibility index (Phi) is 6.65. The summed E-state index contributed by atoms with van der Waals surface area (Å²) in [6.45, 7) is 10.5. The van der Waals surface area contributed by atoms with Crippen molar-refractivity contribution in [3.8, 4) is 0 Å². The predicted molar refractivity (Wildman–Crippen MR) is 119 cm³/mol. The maximum Gasteiger partial charge on any atom is 0.279 e. The Morgan fingerprint density at radius 3 is 2.53 bits per heavy atom. The van der Waals surface area contributed by atoms with Crippen LogP contribution in [0.3, 0.4) is 0 Å². The monoisotopic (exact) mass is 430 g/mol. The molecule has 0 radical (unpaired) electrons. The average Bonchev–Trinajstić information content (AvgIpc) is 2.88. The molecule has 0 atom stereocenters. The summed E-state index contributed by atoms with van der Waals surface area (Å²) in [5.41, 5.74) is 3.19. The second kappa shape index (κ2) is 9.41. The van der Waals surface area contributed by atoms with Gasteiger partial charge in [0.2, 0.25) is 4.77 Å². The van der Waals surface area contributed by atoms with Gasteiger partial charge in [-0.3, -0.25) is 4.79 Å². The number of piperazine rings is 1. The number of aryl methyl sites for hydroxylation is 3. The van der Waals surface area contributed by atoms with Crippen molar-refractivity contribution in [3.63, 3.8) is 0 Å². The molecule has 0 unspecified atom stereocenters. The number of carbonyl (C=O) groups excluding carboxylic acids is 1. The number of aromatic nitrogens is 3. The zero-order valence-corrected chi connectivity index (χ0v) is 19.0. The molecular formula is C22H34N6OS+2. The third-order valence-corrected chi connectivity index (χ3v) is 6.91. The van der Waals surface area contributed by atoms with Crippen LogP contribution in [0.2, 0.25) is 0 Å². The molecule has 0 saturated carbocycles. The van der Waals surface area contributed by atoms with Gasteiger partial charge < -0.3 is 19.7 Å². The van der Waals surface area contributed by atoms with Gasteiger partial charge in [0.25, 0.3) is 5.91 Å². The molecule has 0 spiro atoms. The molecular weight excluding hydrogens is 396 g/mol. The molecule has 1 aromatic heterocycles. The molecule has 1 amide bonds. The number of carbonyl (C=O) groups is 1. The van der Waals surface area contributed by atoms with E-state index < -0.39 is 0 Å². The second-order valence-corrected chi connectivity index (χ2v) is 9.18. The number of benzene rings is 1. The van der Waals surface area contributed by atoms with Gasteiger partial charge in [-0.05, 0) is 50.0 Å². The van der Waals surface area contributed by atoms with E-state index in [0.717, 1.165) is 73.2 Å². The van der Waals surface area contributed by atoms with Gasteiger partial charge in [0, 0.05) is 18.7 Å². The summed E-state index contributed by atoms with van der Waals surface area (Å²) in [4.78, 5) is 15.4. The summed E-state index contributed by atoms with van der Waals surface area (Å²) < 4.78 is 5.15. The van der Waals surface area contributed by atoms with Crippen LogP contribution in [0.25, 0.3) is 0 Å². The number of fused-ring (bicyclic) bond motifs is 1. The van der Waals surface area contributed by atoms with E-state index in [-0.39, 0.29) is 5.91 Å². The van der Waals surface area contributed by atoms with Crippen LogP contribution in [0.15, 0.2) is 18.2 Å². The molecule has 4 rings (SSSR count). The minimum atomic E-state index is 0.103. The maximum absolute atomic E-state index is 12.6. The zero-order chi connectivity index (χ0) is 21.1. The van der Waals surface area contributed by atoms with E-state index in [2.05, 4.69) is 9.88 Å². The lowest BCUT2D eigenvalue weighted by Gasteiger charge is -2.29. The first-order valence-electron chi connectivity index (χ1n) is 11.2. The highest BCUT2D eigenvalue weighted by molar-refractivity contribution is 7.71. The predicted octanol–water partition coefficient (Wildman–Crippen LogP) is 0.137. The highest BCUT2D eigenvalue weighted by atomic mass is 32.1. The van der Waals surface area contributed by atoms with Crippen LogP contribution >= 0.6 is 12.2 Å². The highest BCUT2D eigenvalue weighted by Gasteiger charge is 2.26. The van der Waals surface area contributed by atoms with E-state index in [1.54, 1.807) is 0 Å². The molecule has 3 N–H and O–H groups in total. The molecule has 1 fully saturated rings. The number of para-hydroxylation sites is 1. The highest BCUT2D eigenvalue weighted by Crippen LogP contribution is 2.19. The Hall–Kier alpha value is -2.03. The van der Waals surface area contributed by atoms with Crippen LogP contribution in [-0.2, 0) is 24.4 Å². The van der Waals surface area contributed by atoms with E-state index in [0.29, 0.717) is 6.54 Å². The molecule has 7 nitrogen and oxygen atoms in total. The van der Waals surface area contributed by atoms with Crippen molar-refractivity contribution in [3.05, 3.63) is 39.9 Å². The quantitative estimate of drug-likeness (QED) is 0.592. The summed E-state index contributed by atoms with van der Waals surface area (Å²) in [5.74, 6) is 1.26. The third-order valence-electron chi connectivity index (χ3n) is 6.48. The van der Waals surface area contributed by atoms with Crippen molar-refractivity contribution in [2.75, 3.05) is 38.0 Å². The second-order valence-electron chi connectivity index (χ2n) is 8.81. The first kappa shape index (κ1) is 21.2. The number of amides is 1. The zero-order valence-electron chi connectivity index (χ0n) is 18.2. The lowest BCUT2D eigenvalue weighted by atomic mass is 10.1. The molecule has 2 aliphatic heterocycles. The largest absolute Gasteiger partial charge is 0.321 e. The molecule has 1 aromatic carbocycles. The van der Waals surface area contributed by atoms with Crippen molar-refractivity contribution < 1.29 is 14.6 Å². The SMILES string of the molecule is Cc1cccc(C)c1NC(=O)C[NH+]1CC[NH+](Cn2nc3n(c2=S)CCCCC3)CC1. The number of nitrogens with zero attached hydrogens (tertiary/aromatic N) is 3. The van der Waals surface area contributed by atoms with E-state index >= 15 is 0 Å². The Morgan fingerprint density at radius 2 is 1.80 bits per heavy atom. The van der Waals surface area contributed by atoms with Gasteiger partial charge in [0.15, 0.2) is 13.2 Å². The van der Waals surface area contributed by atoms with Crippen LogP contribution in [0.4, 0.5) is 5.69 Å². The first-order valence-corrected chi connectivity index (χ1v) is 11.6. The van der Waals surface area contributed by atoms with E-state index in [1.807, 2.05) is 36.7 Å². The van der Waals surface area contributed by atoms with Crippen molar-refractivity contribution in [2.45, 2.75) is 52.7 Å². The van der Waals surface area contributed by atoms with Crippen LogP contribution in [0.5, 0.6) is 0 Å². The molecule has 2 aromatic rings. The molecule has 8 heteroatoms. The number of anilines is 1. The van der Waals surface area contributed by atoms with Crippen LogP contribution < -0.4 is 15.1 Å². The number of quaternary nitrogens is 2. The first-order chi connectivity index (χ1) is 14.5. The van der Waals surface area contributed by atoms with Gasteiger partial charge in [-0.25, -0.2) is 0 Å². The molecule has 30 heavy (non-hydrogen) atoms. The Morgan fingerprint density at radius 1 is 1.10 bits per heavy atom. The fourth-order valence-corrected chi connectivity index (χ4v) is 4.96. The maximum atomic E-state index is 12.6. The van der Waals surface area contributed by atoms with Crippen LogP contribution in [0.1, 0.15) is 36.2 Å². The topological polar surface area (TPSA) is 60.7 Å². The van der Waals surface area contributed by atoms with E-state index in [4.69, 9.17) is 17.3 Å². The Bertz CT molecular complexity index is 937. The summed E-state index contributed by atoms with van der Waals surface area (Å²) >= 11 is 5.70. The standard InChI is InChI=1S/C22H32N6OS/c1-17-7-6-8-18(2)21(17)23-20(29)15-25-11-13-26(14-12-25)16-28-22(30)27-10-5-3-4-9-19(27)24-28/h6-8H,3-5,9-16H2,1-2H3,(H,23,29)/p+2. The lowest BCUT2D eigenvalue weighted by Crippen LogP contribution is -3.28. The van der Waals surface area contributed by atoms with Crippen molar-refractivity contribution >= 4 is 23.8 Å². The summed E-state index contributed by atoms with van der Waals surface area (Å²) in [6, 6.07) is 6.11. The number of nitrogens with one attached hydrogen (secondary N) is 3. The van der Waals surface area contributed by atoms with Gasteiger partial charge in [0.1, 0.15) is 32.0 Å². The Balaban J connectivity index is 1.28. The van der Waals surface area contributed by atoms with Gasteiger partial charge in [-0.2, -0.15) is 9.78 Å². The summed E-state index contributed by atoms with van der Waals surface area (Å²) in [5, 5.41) is 7.94. The van der Waals surface area contributed by atoms with Crippen molar-refractivity contribution in [1.29, 1.82) is 0 Å².